The molecule has 1 unspecified atom stereocenters. The SMILES string of the molecule is CCNC(=O)N1CCCCC1CCn1cc(C(=O)NC2CC2)nn1. The van der Waals surface area contributed by atoms with Gasteiger partial charge in [-0.05, 0) is 45.4 Å². The minimum absolute atomic E-state index is 0.0188. The van der Waals surface area contributed by atoms with Crippen LogP contribution in [0.5, 0.6) is 0 Å². The first kappa shape index (κ1) is 16.7. The van der Waals surface area contributed by atoms with E-state index in [4.69, 9.17) is 0 Å². The fourth-order valence-electron chi connectivity index (χ4n) is 3.10. The van der Waals surface area contributed by atoms with Gasteiger partial charge in [0.25, 0.3) is 5.91 Å². The highest BCUT2D eigenvalue weighted by Crippen LogP contribution is 2.21. The maximum Gasteiger partial charge on any atom is 0.317 e. The zero-order valence-electron chi connectivity index (χ0n) is 14.2. The second kappa shape index (κ2) is 7.63. The van der Waals surface area contributed by atoms with Crippen LogP contribution in [0.2, 0.25) is 0 Å². The molecule has 2 fully saturated rings. The highest BCUT2D eigenvalue weighted by molar-refractivity contribution is 5.92. The van der Waals surface area contributed by atoms with Gasteiger partial charge in [-0.2, -0.15) is 0 Å². The van der Waals surface area contributed by atoms with E-state index in [9.17, 15) is 9.59 Å². The summed E-state index contributed by atoms with van der Waals surface area (Å²) >= 11 is 0. The number of aromatic nitrogens is 3. The summed E-state index contributed by atoms with van der Waals surface area (Å²) in [6, 6.07) is 0.555. The number of likely N-dealkylation sites (tertiary alicyclic amines) is 1. The first-order chi connectivity index (χ1) is 11.7. The number of nitrogens with zero attached hydrogens (tertiary/aromatic N) is 4. The number of carbonyl (C=O) groups excluding carboxylic acids is 2. The Labute approximate surface area is 142 Å². The number of piperidine rings is 1. The highest BCUT2D eigenvalue weighted by Gasteiger charge is 2.27. The minimum atomic E-state index is -0.148. The van der Waals surface area contributed by atoms with Gasteiger partial charge in [-0.3, -0.25) is 9.48 Å². The van der Waals surface area contributed by atoms with E-state index in [1.54, 1.807) is 10.9 Å². The van der Waals surface area contributed by atoms with E-state index < -0.39 is 0 Å². The lowest BCUT2D eigenvalue weighted by Gasteiger charge is -2.35. The van der Waals surface area contributed by atoms with Gasteiger partial charge in [0.2, 0.25) is 0 Å². The minimum Gasteiger partial charge on any atom is -0.348 e. The molecule has 24 heavy (non-hydrogen) atoms. The van der Waals surface area contributed by atoms with Crippen molar-refractivity contribution in [3.63, 3.8) is 0 Å². The summed E-state index contributed by atoms with van der Waals surface area (Å²) < 4.78 is 1.70. The van der Waals surface area contributed by atoms with E-state index >= 15 is 0 Å². The number of carbonyl (C=O) groups is 2. The molecule has 1 saturated carbocycles. The van der Waals surface area contributed by atoms with E-state index in [1.807, 2.05) is 11.8 Å². The number of urea groups is 1. The summed E-state index contributed by atoms with van der Waals surface area (Å²) in [5.74, 6) is -0.148. The molecule has 3 amide bonds. The van der Waals surface area contributed by atoms with E-state index in [0.29, 0.717) is 24.8 Å². The molecule has 8 nitrogen and oxygen atoms in total. The van der Waals surface area contributed by atoms with Gasteiger partial charge in [-0.15, -0.1) is 5.10 Å². The Morgan fingerprint density at radius 2 is 2.12 bits per heavy atom. The lowest BCUT2D eigenvalue weighted by molar-refractivity contribution is 0.0946. The maximum absolute atomic E-state index is 12.1. The van der Waals surface area contributed by atoms with Crippen LogP contribution in [0.3, 0.4) is 0 Å². The smallest absolute Gasteiger partial charge is 0.317 e. The molecule has 1 atom stereocenters. The predicted octanol–water partition coefficient (Wildman–Crippen LogP) is 1.14. The second-order valence-corrected chi connectivity index (χ2v) is 6.58. The van der Waals surface area contributed by atoms with Crippen LogP contribution in [0, 0.1) is 0 Å². The van der Waals surface area contributed by atoms with Crippen molar-refractivity contribution in [1.82, 2.24) is 30.5 Å². The third-order valence-electron chi connectivity index (χ3n) is 4.59. The molecule has 1 aliphatic heterocycles. The Morgan fingerprint density at radius 3 is 2.88 bits per heavy atom. The average molecular weight is 334 g/mol. The number of hydrogen-bond donors (Lipinski definition) is 2. The highest BCUT2D eigenvalue weighted by atomic mass is 16.2. The molecule has 2 heterocycles. The molecule has 1 aliphatic carbocycles. The van der Waals surface area contributed by atoms with Crippen molar-refractivity contribution < 1.29 is 9.59 Å². The first-order valence-corrected chi connectivity index (χ1v) is 8.93. The van der Waals surface area contributed by atoms with E-state index in [-0.39, 0.29) is 18.0 Å². The van der Waals surface area contributed by atoms with Crippen molar-refractivity contribution in [3.05, 3.63) is 11.9 Å². The van der Waals surface area contributed by atoms with Crippen molar-refractivity contribution in [2.24, 2.45) is 0 Å². The third kappa shape index (κ3) is 4.24. The van der Waals surface area contributed by atoms with Gasteiger partial charge in [0.05, 0.1) is 6.20 Å². The molecule has 132 valence electrons. The van der Waals surface area contributed by atoms with E-state index in [0.717, 1.165) is 45.1 Å². The summed E-state index contributed by atoms with van der Waals surface area (Å²) in [6.45, 7) is 4.04. The molecule has 0 radical (unpaired) electrons. The molecule has 3 rings (SSSR count). The number of rotatable bonds is 6. The van der Waals surface area contributed by atoms with Crippen molar-refractivity contribution in [3.8, 4) is 0 Å². The maximum atomic E-state index is 12.1. The van der Waals surface area contributed by atoms with Gasteiger partial charge in [-0.25, -0.2) is 4.79 Å². The molecular formula is C16H26N6O2. The molecular weight excluding hydrogens is 308 g/mol. The van der Waals surface area contributed by atoms with Crippen molar-refractivity contribution in [1.29, 1.82) is 0 Å². The van der Waals surface area contributed by atoms with Crippen LogP contribution in [0.4, 0.5) is 4.79 Å². The quantitative estimate of drug-likeness (QED) is 0.816. The average Bonchev–Trinajstić information content (AvgIpc) is 3.27. The lowest BCUT2D eigenvalue weighted by Crippen LogP contribution is -2.48. The first-order valence-electron chi connectivity index (χ1n) is 8.93. The molecule has 8 heteroatoms. The predicted molar refractivity (Wildman–Crippen MR) is 88.5 cm³/mol. The van der Waals surface area contributed by atoms with Crippen LogP contribution in [-0.4, -0.2) is 57.0 Å². The summed E-state index contributed by atoms with van der Waals surface area (Å²) in [5.41, 5.74) is 0.367. The summed E-state index contributed by atoms with van der Waals surface area (Å²) in [5, 5.41) is 13.8. The molecule has 1 aromatic heterocycles. The van der Waals surface area contributed by atoms with Crippen molar-refractivity contribution >= 4 is 11.9 Å². The summed E-state index contributed by atoms with van der Waals surface area (Å²) in [7, 11) is 0. The largest absolute Gasteiger partial charge is 0.348 e. The fourth-order valence-corrected chi connectivity index (χ4v) is 3.10. The van der Waals surface area contributed by atoms with Crippen LogP contribution in [0.1, 0.15) is 55.9 Å². The van der Waals surface area contributed by atoms with Crippen LogP contribution in [-0.2, 0) is 6.54 Å². The molecule has 1 aromatic rings. The Bertz CT molecular complexity index is 583. The Kier molecular flexibility index (Phi) is 5.32. The summed E-state index contributed by atoms with van der Waals surface area (Å²) in [4.78, 5) is 26.0. The normalized spacial score (nSPS) is 20.7. The number of aryl methyl sites for hydroxylation is 1. The second-order valence-electron chi connectivity index (χ2n) is 6.58. The fraction of sp³-hybridized carbons (Fsp3) is 0.750. The zero-order valence-corrected chi connectivity index (χ0v) is 14.2. The zero-order chi connectivity index (χ0) is 16.9. The van der Waals surface area contributed by atoms with Crippen LogP contribution < -0.4 is 10.6 Å². The molecule has 2 N–H and O–H groups in total. The van der Waals surface area contributed by atoms with Crippen LogP contribution >= 0.6 is 0 Å². The van der Waals surface area contributed by atoms with Gasteiger partial charge in [0.1, 0.15) is 0 Å². The van der Waals surface area contributed by atoms with Crippen molar-refractivity contribution in [2.75, 3.05) is 13.1 Å². The Balaban J connectivity index is 1.52. The van der Waals surface area contributed by atoms with Gasteiger partial charge < -0.3 is 15.5 Å². The topological polar surface area (TPSA) is 92.2 Å². The van der Waals surface area contributed by atoms with Crippen molar-refractivity contribution in [2.45, 2.75) is 64.1 Å². The third-order valence-corrected chi connectivity index (χ3v) is 4.59. The van der Waals surface area contributed by atoms with Gasteiger partial charge in [0, 0.05) is 31.7 Å². The number of amides is 3. The Morgan fingerprint density at radius 1 is 1.29 bits per heavy atom. The van der Waals surface area contributed by atoms with Gasteiger partial charge >= 0.3 is 6.03 Å². The standard InChI is InChI=1S/C16H26N6O2/c1-2-17-16(24)22-9-4-3-5-13(22)8-10-21-11-14(19-20-21)15(23)18-12-6-7-12/h11-13H,2-10H2,1H3,(H,17,24)(H,18,23). The monoisotopic (exact) mass is 334 g/mol. The van der Waals surface area contributed by atoms with Gasteiger partial charge in [-0.1, -0.05) is 5.21 Å². The van der Waals surface area contributed by atoms with E-state index in [2.05, 4.69) is 20.9 Å². The molecule has 0 spiro atoms. The molecule has 1 saturated heterocycles. The lowest BCUT2D eigenvalue weighted by atomic mass is 10.00. The number of hydrogen-bond acceptors (Lipinski definition) is 4. The van der Waals surface area contributed by atoms with Crippen LogP contribution in [0.25, 0.3) is 0 Å². The van der Waals surface area contributed by atoms with Crippen LogP contribution in [0.15, 0.2) is 6.20 Å². The van der Waals surface area contributed by atoms with Gasteiger partial charge in [0.15, 0.2) is 5.69 Å². The molecule has 2 aliphatic rings. The number of nitrogens with one attached hydrogen (secondary N) is 2. The summed E-state index contributed by atoms with van der Waals surface area (Å²) in [6.07, 6.45) is 7.84. The molecule has 0 aromatic carbocycles. The Hall–Kier alpha value is -2.12. The molecule has 0 bridgehead atoms. The van der Waals surface area contributed by atoms with E-state index in [1.165, 1.54) is 0 Å².